The summed E-state index contributed by atoms with van der Waals surface area (Å²) in [7, 11) is 3.26. The minimum absolute atomic E-state index is 0.00507. The van der Waals surface area contributed by atoms with Crippen molar-refractivity contribution in [1.29, 1.82) is 0 Å². The molecule has 0 aromatic rings. The SMILES string of the molecule is CCN(CC(=O)N(C)C)C(=O)[C@@H]1CC=CC[C@@H]1C(=O)O. The fourth-order valence-corrected chi connectivity index (χ4v) is 2.24. The van der Waals surface area contributed by atoms with Crippen molar-refractivity contribution in [2.75, 3.05) is 27.2 Å². The van der Waals surface area contributed by atoms with E-state index in [1.165, 1.54) is 9.80 Å². The summed E-state index contributed by atoms with van der Waals surface area (Å²) in [6.07, 6.45) is 4.42. The molecule has 1 N–H and O–H groups in total. The fourth-order valence-electron chi connectivity index (χ4n) is 2.24. The smallest absolute Gasteiger partial charge is 0.307 e. The summed E-state index contributed by atoms with van der Waals surface area (Å²) in [5.41, 5.74) is 0. The van der Waals surface area contributed by atoms with E-state index in [0.717, 1.165) is 0 Å². The third kappa shape index (κ3) is 3.82. The lowest BCUT2D eigenvalue weighted by Crippen LogP contribution is -2.45. The number of carboxylic acid groups (broad SMARTS) is 1. The van der Waals surface area contributed by atoms with Gasteiger partial charge in [0.2, 0.25) is 11.8 Å². The highest BCUT2D eigenvalue weighted by Crippen LogP contribution is 2.27. The summed E-state index contributed by atoms with van der Waals surface area (Å²) >= 11 is 0. The number of aliphatic carboxylic acids is 1. The molecule has 0 spiro atoms. The van der Waals surface area contributed by atoms with E-state index in [4.69, 9.17) is 0 Å². The number of rotatable bonds is 5. The highest BCUT2D eigenvalue weighted by molar-refractivity contribution is 5.88. The Balaban J connectivity index is 2.81. The maximum Gasteiger partial charge on any atom is 0.307 e. The third-order valence-electron chi connectivity index (χ3n) is 3.59. The van der Waals surface area contributed by atoms with Crippen molar-refractivity contribution in [3.05, 3.63) is 12.2 Å². The van der Waals surface area contributed by atoms with Crippen LogP contribution in [0.15, 0.2) is 12.2 Å². The molecule has 0 bridgehead atoms. The molecule has 2 amide bonds. The Morgan fingerprint density at radius 1 is 1.15 bits per heavy atom. The molecule has 1 aliphatic carbocycles. The molecule has 0 fully saturated rings. The molecule has 0 saturated heterocycles. The Morgan fingerprint density at radius 3 is 2.15 bits per heavy atom. The molecule has 0 radical (unpaired) electrons. The first-order valence-corrected chi connectivity index (χ1v) is 6.75. The molecular weight excluding hydrogens is 260 g/mol. The van der Waals surface area contributed by atoms with Gasteiger partial charge in [-0.25, -0.2) is 0 Å². The zero-order valence-corrected chi connectivity index (χ0v) is 12.2. The molecule has 1 rings (SSSR count). The van der Waals surface area contributed by atoms with Crippen LogP contribution in [0.1, 0.15) is 19.8 Å². The molecule has 20 heavy (non-hydrogen) atoms. The summed E-state index contributed by atoms with van der Waals surface area (Å²) in [4.78, 5) is 38.3. The number of allylic oxidation sites excluding steroid dienone is 2. The van der Waals surface area contributed by atoms with Gasteiger partial charge in [-0.2, -0.15) is 0 Å². The first-order valence-electron chi connectivity index (χ1n) is 6.75. The van der Waals surface area contributed by atoms with Gasteiger partial charge in [-0.3, -0.25) is 14.4 Å². The lowest BCUT2D eigenvalue weighted by Gasteiger charge is -2.30. The predicted molar refractivity (Wildman–Crippen MR) is 73.9 cm³/mol. The van der Waals surface area contributed by atoms with E-state index in [0.29, 0.717) is 19.4 Å². The van der Waals surface area contributed by atoms with Gasteiger partial charge in [0, 0.05) is 20.6 Å². The molecule has 0 heterocycles. The molecular formula is C14H22N2O4. The summed E-state index contributed by atoms with van der Waals surface area (Å²) in [5, 5.41) is 9.20. The van der Waals surface area contributed by atoms with Crippen molar-refractivity contribution in [3.8, 4) is 0 Å². The van der Waals surface area contributed by atoms with Crippen LogP contribution in [0.5, 0.6) is 0 Å². The van der Waals surface area contributed by atoms with Crippen LogP contribution in [0.3, 0.4) is 0 Å². The molecule has 0 saturated carbocycles. The molecule has 2 atom stereocenters. The topological polar surface area (TPSA) is 77.9 Å². The van der Waals surface area contributed by atoms with Crippen LogP contribution >= 0.6 is 0 Å². The van der Waals surface area contributed by atoms with Gasteiger partial charge >= 0.3 is 5.97 Å². The minimum Gasteiger partial charge on any atom is -0.481 e. The molecule has 0 aromatic carbocycles. The van der Waals surface area contributed by atoms with Crippen LogP contribution in [0, 0.1) is 11.8 Å². The van der Waals surface area contributed by atoms with Crippen molar-refractivity contribution >= 4 is 17.8 Å². The fraction of sp³-hybridized carbons (Fsp3) is 0.643. The Hall–Kier alpha value is -1.85. The van der Waals surface area contributed by atoms with Crippen molar-refractivity contribution < 1.29 is 19.5 Å². The van der Waals surface area contributed by atoms with Gasteiger partial charge in [-0.15, -0.1) is 0 Å². The van der Waals surface area contributed by atoms with E-state index in [2.05, 4.69) is 0 Å². The number of hydrogen-bond acceptors (Lipinski definition) is 3. The molecule has 112 valence electrons. The summed E-state index contributed by atoms with van der Waals surface area (Å²) in [6.45, 7) is 2.18. The highest BCUT2D eigenvalue weighted by atomic mass is 16.4. The van der Waals surface area contributed by atoms with Gasteiger partial charge in [0.25, 0.3) is 0 Å². The van der Waals surface area contributed by atoms with Crippen LogP contribution in [-0.2, 0) is 14.4 Å². The van der Waals surface area contributed by atoms with Gasteiger partial charge in [-0.1, -0.05) is 12.2 Å². The number of carbonyl (C=O) groups is 3. The van der Waals surface area contributed by atoms with Crippen molar-refractivity contribution in [1.82, 2.24) is 9.80 Å². The summed E-state index contributed by atoms with van der Waals surface area (Å²) in [5.74, 6) is -2.65. The Morgan fingerprint density at radius 2 is 1.70 bits per heavy atom. The average Bonchev–Trinajstić information content (AvgIpc) is 2.43. The molecule has 0 aliphatic heterocycles. The Bertz CT molecular complexity index is 417. The maximum absolute atomic E-state index is 12.5. The molecule has 0 aromatic heterocycles. The van der Waals surface area contributed by atoms with Gasteiger partial charge in [0.15, 0.2) is 0 Å². The second-order valence-electron chi connectivity index (χ2n) is 5.13. The van der Waals surface area contributed by atoms with Crippen LogP contribution in [0.2, 0.25) is 0 Å². The van der Waals surface area contributed by atoms with Gasteiger partial charge in [0.05, 0.1) is 18.4 Å². The van der Waals surface area contributed by atoms with E-state index in [-0.39, 0.29) is 18.4 Å². The second-order valence-corrected chi connectivity index (χ2v) is 5.13. The number of likely N-dealkylation sites (N-methyl/N-ethyl adjacent to an activating group) is 2. The van der Waals surface area contributed by atoms with E-state index < -0.39 is 17.8 Å². The molecule has 1 aliphatic rings. The third-order valence-corrected chi connectivity index (χ3v) is 3.59. The van der Waals surface area contributed by atoms with Crippen LogP contribution in [0.25, 0.3) is 0 Å². The number of nitrogens with zero attached hydrogens (tertiary/aromatic N) is 2. The normalized spacial score (nSPS) is 21.4. The monoisotopic (exact) mass is 282 g/mol. The molecule has 6 nitrogen and oxygen atoms in total. The number of carboxylic acids is 1. The molecule has 0 unspecified atom stereocenters. The predicted octanol–water partition coefficient (Wildman–Crippen LogP) is 0.590. The first kappa shape index (κ1) is 16.2. The van der Waals surface area contributed by atoms with Crippen LogP contribution < -0.4 is 0 Å². The van der Waals surface area contributed by atoms with E-state index in [1.54, 1.807) is 27.1 Å². The average molecular weight is 282 g/mol. The number of amides is 2. The maximum atomic E-state index is 12.5. The lowest BCUT2D eigenvalue weighted by molar-refractivity contribution is -0.151. The lowest BCUT2D eigenvalue weighted by atomic mass is 9.82. The van der Waals surface area contributed by atoms with E-state index in [1.807, 2.05) is 6.08 Å². The standard InChI is InChI=1S/C14H22N2O4/c1-4-16(9-12(17)15(2)3)13(18)10-7-5-6-8-11(10)14(19)20/h5-6,10-11H,4,7-9H2,1-3H3,(H,19,20)/t10-,11+/m1/s1. The number of carbonyl (C=O) groups excluding carboxylic acids is 2. The minimum atomic E-state index is -0.956. The van der Waals surface area contributed by atoms with Crippen molar-refractivity contribution in [3.63, 3.8) is 0 Å². The number of hydrogen-bond donors (Lipinski definition) is 1. The van der Waals surface area contributed by atoms with Crippen LogP contribution in [0.4, 0.5) is 0 Å². The van der Waals surface area contributed by atoms with Gasteiger partial charge in [0.1, 0.15) is 0 Å². The zero-order chi connectivity index (χ0) is 15.3. The van der Waals surface area contributed by atoms with E-state index in [9.17, 15) is 19.5 Å². The van der Waals surface area contributed by atoms with Gasteiger partial charge in [-0.05, 0) is 19.8 Å². The highest BCUT2D eigenvalue weighted by Gasteiger charge is 2.36. The largest absolute Gasteiger partial charge is 0.481 e. The molecule has 6 heteroatoms. The first-order chi connectivity index (χ1) is 9.38. The summed E-state index contributed by atoms with van der Waals surface area (Å²) < 4.78 is 0. The zero-order valence-electron chi connectivity index (χ0n) is 12.2. The second kappa shape index (κ2) is 7.07. The summed E-state index contributed by atoms with van der Waals surface area (Å²) in [6, 6.07) is 0. The van der Waals surface area contributed by atoms with Crippen LogP contribution in [-0.4, -0.2) is 59.9 Å². The van der Waals surface area contributed by atoms with E-state index >= 15 is 0 Å². The Labute approximate surface area is 119 Å². The Kier molecular flexibility index (Phi) is 5.73. The van der Waals surface area contributed by atoms with Gasteiger partial charge < -0.3 is 14.9 Å². The quantitative estimate of drug-likeness (QED) is 0.749. The van der Waals surface area contributed by atoms with Crippen molar-refractivity contribution in [2.45, 2.75) is 19.8 Å². The van der Waals surface area contributed by atoms with Crippen molar-refractivity contribution in [2.24, 2.45) is 11.8 Å².